The molecule has 1 N–H and O–H groups in total. The fourth-order valence-electron chi connectivity index (χ4n) is 1.88. The van der Waals surface area contributed by atoms with Gasteiger partial charge in [0, 0.05) is 31.4 Å². The Labute approximate surface area is 103 Å². The highest BCUT2D eigenvalue weighted by Crippen LogP contribution is 2.32. The molecule has 0 radical (unpaired) electrons. The van der Waals surface area contributed by atoms with Crippen LogP contribution in [0, 0.1) is 13.8 Å². The van der Waals surface area contributed by atoms with Gasteiger partial charge >= 0.3 is 0 Å². The van der Waals surface area contributed by atoms with Crippen molar-refractivity contribution >= 4 is 10.0 Å². The predicted octanol–water partition coefficient (Wildman–Crippen LogP) is 1.38. The molecule has 0 atom stereocenters. The second kappa shape index (κ2) is 4.70. The molecule has 0 unspecified atom stereocenters. The van der Waals surface area contributed by atoms with Gasteiger partial charge in [-0.15, -0.1) is 0 Å². The molecule has 0 saturated heterocycles. The van der Waals surface area contributed by atoms with E-state index in [2.05, 4.69) is 0 Å². The molecule has 1 rings (SSSR count). The lowest BCUT2D eigenvalue weighted by molar-refractivity contribution is 0.419. The Balaban J connectivity index is 3.49. The van der Waals surface area contributed by atoms with Crippen molar-refractivity contribution in [1.29, 1.82) is 0 Å². The minimum atomic E-state index is -3.62. The summed E-state index contributed by atoms with van der Waals surface area (Å²) in [6.45, 7) is 7.84. The number of nitrogens with zero attached hydrogens (tertiary/aromatic N) is 2. The van der Waals surface area contributed by atoms with Gasteiger partial charge in [-0.2, -0.15) is 4.31 Å². The van der Waals surface area contributed by atoms with Crippen LogP contribution in [0.1, 0.15) is 25.1 Å². The summed E-state index contributed by atoms with van der Waals surface area (Å²) in [7, 11) is -1.97. The van der Waals surface area contributed by atoms with E-state index in [9.17, 15) is 13.5 Å². The summed E-state index contributed by atoms with van der Waals surface area (Å²) in [6.07, 6.45) is 0. The Kier molecular flexibility index (Phi) is 3.88. The van der Waals surface area contributed by atoms with Gasteiger partial charge in [0.15, 0.2) is 10.8 Å². The van der Waals surface area contributed by atoms with E-state index in [1.54, 1.807) is 34.7 Å². The third kappa shape index (κ3) is 2.07. The zero-order valence-electron chi connectivity index (χ0n) is 11.0. The topological polar surface area (TPSA) is 62.5 Å². The van der Waals surface area contributed by atoms with E-state index in [1.807, 2.05) is 0 Å². The highest BCUT2D eigenvalue weighted by molar-refractivity contribution is 7.89. The van der Waals surface area contributed by atoms with Gasteiger partial charge in [-0.3, -0.25) is 0 Å². The molecular weight excluding hydrogens is 240 g/mol. The van der Waals surface area contributed by atoms with E-state index in [0.717, 1.165) is 5.69 Å². The summed E-state index contributed by atoms with van der Waals surface area (Å²) < 4.78 is 27.6. The molecule has 0 saturated carbocycles. The van der Waals surface area contributed by atoms with Crippen molar-refractivity contribution < 1.29 is 13.5 Å². The van der Waals surface area contributed by atoms with Crippen molar-refractivity contribution in [2.45, 2.75) is 32.7 Å². The molecular formula is C11H20N2O3S. The summed E-state index contributed by atoms with van der Waals surface area (Å²) in [6, 6.07) is 0. The molecule has 0 amide bonds. The largest absolute Gasteiger partial charge is 0.505 e. The number of hydrogen-bond acceptors (Lipinski definition) is 3. The molecule has 0 fully saturated rings. The fourth-order valence-corrected chi connectivity index (χ4v) is 3.68. The molecule has 17 heavy (non-hydrogen) atoms. The maximum Gasteiger partial charge on any atom is 0.262 e. The number of hydrogen-bond donors (Lipinski definition) is 1. The number of aromatic nitrogens is 1. The van der Waals surface area contributed by atoms with Crippen molar-refractivity contribution in [3.05, 3.63) is 11.3 Å². The van der Waals surface area contributed by atoms with Crippen LogP contribution in [0.2, 0.25) is 0 Å². The molecule has 0 aliphatic rings. The Hall–Kier alpha value is -1.01. The third-order valence-corrected chi connectivity index (χ3v) is 5.35. The minimum absolute atomic E-state index is 0.0174. The quantitative estimate of drug-likeness (QED) is 0.889. The maximum absolute atomic E-state index is 12.3. The third-order valence-electron chi connectivity index (χ3n) is 3.20. The molecule has 1 heterocycles. The van der Waals surface area contributed by atoms with Crippen LogP contribution in [0.5, 0.6) is 5.75 Å². The molecule has 0 spiro atoms. The van der Waals surface area contributed by atoms with Crippen LogP contribution in [0.3, 0.4) is 0 Å². The van der Waals surface area contributed by atoms with Gasteiger partial charge in [-0.25, -0.2) is 8.42 Å². The van der Waals surface area contributed by atoms with E-state index < -0.39 is 10.0 Å². The van der Waals surface area contributed by atoms with E-state index in [0.29, 0.717) is 18.7 Å². The van der Waals surface area contributed by atoms with Crippen molar-refractivity contribution in [1.82, 2.24) is 8.87 Å². The maximum atomic E-state index is 12.3. The van der Waals surface area contributed by atoms with Crippen LogP contribution >= 0.6 is 0 Å². The van der Waals surface area contributed by atoms with Crippen LogP contribution in [0.4, 0.5) is 0 Å². The van der Waals surface area contributed by atoms with Gasteiger partial charge in [0.05, 0.1) is 0 Å². The molecule has 1 aromatic heterocycles. The second-order valence-electron chi connectivity index (χ2n) is 4.01. The number of aromatic hydroxyl groups is 1. The average Bonchev–Trinajstić information content (AvgIpc) is 2.45. The normalized spacial score (nSPS) is 12.4. The first kappa shape index (κ1) is 14.1. The van der Waals surface area contributed by atoms with E-state index in [-0.39, 0.29) is 10.8 Å². The lowest BCUT2D eigenvalue weighted by atomic mass is 10.3. The lowest BCUT2D eigenvalue weighted by Crippen LogP contribution is -2.32. The zero-order chi connectivity index (χ0) is 13.4. The second-order valence-corrected chi connectivity index (χ2v) is 5.87. The van der Waals surface area contributed by atoms with Gasteiger partial charge in [-0.05, 0) is 13.8 Å². The first-order valence-electron chi connectivity index (χ1n) is 5.63. The van der Waals surface area contributed by atoms with E-state index >= 15 is 0 Å². The predicted molar refractivity (Wildman–Crippen MR) is 66.7 cm³/mol. The smallest absolute Gasteiger partial charge is 0.262 e. The lowest BCUT2D eigenvalue weighted by Gasteiger charge is -2.19. The SMILES string of the molecule is CCN(CC)S(=O)(=O)c1c(O)c(C)c(C)n1C. The van der Waals surface area contributed by atoms with Crippen molar-refractivity contribution in [2.75, 3.05) is 13.1 Å². The summed E-state index contributed by atoms with van der Waals surface area (Å²) >= 11 is 0. The van der Waals surface area contributed by atoms with Crippen LogP contribution < -0.4 is 0 Å². The highest BCUT2D eigenvalue weighted by atomic mass is 32.2. The van der Waals surface area contributed by atoms with Crippen LogP contribution in [-0.2, 0) is 17.1 Å². The van der Waals surface area contributed by atoms with Crippen LogP contribution in [-0.4, -0.2) is 35.5 Å². The first-order valence-corrected chi connectivity index (χ1v) is 7.07. The molecule has 6 heteroatoms. The molecule has 1 aromatic rings. The van der Waals surface area contributed by atoms with E-state index in [1.165, 1.54) is 8.87 Å². The van der Waals surface area contributed by atoms with Crippen LogP contribution in [0.25, 0.3) is 0 Å². The van der Waals surface area contributed by atoms with Gasteiger partial charge < -0.3 is 9.67 Å². The highest BCUT2D eigenvalue weighted by Gasteiger charge is 2.30. The molecule has 0 aliphatic heterocycles. The average molecular weight is 260 g/mol. The monoisotopic (exact) mass is 260 g/mol. The summed E-state index contributed by atoms with van der Waals surface area (Å²) in [5.41, 5.74) is 1.37. The molecule has 5 nitrogen and oxygen atoms in total. The molecule has 98 valence electrons. The summed E-state index contributed by atoms with van der Waals surface area (Å²) in [5.74, 6) is -0.142. The van der Waals surface area contributed by atoms with Gasteiger partial charge in [0.25, 0.3) is 10.0 Å². The Morgan fingerprint density at radius 1 is 1.24 bits per heavy atom. The first-order chi connectivity index (χ1) is 7.78. The minimum Gasteiger partial charge on any atom is -0.505 e. The fraction of sp³-hybridized carbons (Fsp3) is 0.636. The summed E-state index contributed by atoms with van der Waals surface area (Å²) in [4.78, 5) is 0. The van der Waals surface area contributed by atoms with E-state index in [4.69, 9.17) is 0 Å². The number of sulfonamides is 1. The van der Waals surface area contributed by atoms with Crippen LogP contribution in [0.15, 0.2) is 5.03 Å². The van der Waals surface area contributed by atoms with Crippen molar-refractivity contribution in [3.63, 3.8) is 0 Å². The van der Waals surface area contributed by atoms with Gasteiger partial charge in [0.1, 0.15) is 0 Å². The van der Waals surface area contributed by atoms with Crippen molar-refractivity contribution in [2.24, 2.45) is 7.05 Å². The zero-order valence-corrected chi connectivity index (χ0v) is 11.8. The molecule has 0 aliphatic carbocycles. The summed E-state index contributed by atoms with van der Waals surface area (Å²) in [5, 5.41) is 9.93. The van der Waals surface area contributed by atoms with Gasteiger partial charge in [0.2, 0.25) is 0 Å². The molecule has 0 aromatic carbocycles. The van der Waals surface area contributed by atoms with Crippen molar-refractivity contribution in [3.8, 4) is 5.75 Å². The Morgan fingerprint density at radius 3 is 2.00 bits per heavy atom. The standard InChI is InChI=1S/C11H20N2O3S/c1-6-13(7-2)17(15,16)11-10(14)8(3)9(4)12(11)5/h14H,6-7H2,1-5H3. The molecule has 0 bridgehead atoms. The van der Waals surface area contributed by atoms with Gasteiger partial charge in [-0.1, -0.05) is 13.8 Å². The Bertz CT molecular complexity index is 488. The number of rotatable bonds is 4. The Morgan fingerprint density at radius 2 is 1.71 bits per heavy atom.